The smallest absolute Gasteiger partial charge is 0.338 e. The molecule has 0 aliphatic carbocycles. The minimum Gasteiger partial charge on any atom is -0.462 e. The molecule has 0 atom stereocenters. The highest BCUT2D eigenvalue weighted by molar-refractivity contribution is 8.79. The number of hydrogen-bond acceptors (Lipinski definition) is 14. The van der Waals surface area contributed by atoms with E-state index < -0.39 is 11.9 Å². The van der Waals surface area contributed by atoms with Gasteiger partial charge >= 0.3 is 11.9 Å². The molecule has 54 heavy (non-hydrogen) atoms. The molecule has 0 spiro atoms. The second kappa shape index (κ2) is 20.5. The number of esters is 2. The molecule has 0 radical (unpaired) electrons. The fourth-order valence-electron chi connectivity index (χ4n) is 4.88. The Morgan fingerprint density at radius 1 is 0.667 bits per heavy atom. The van der Waals surface area contributed by atoms with Crippen molar-refractivity contribution in [1.29, 1.82) is 0 Å². The molecule has 14 nitrogen and oxygen atoms in total. The summed E-state index contributed by atoms with van der Waals surface area (Å²) in [6.07, 6.45) is 5.01. The maximum Gasteiger partial charge on any atom is 0.338 e. The molecule has 0 unspecified atom stereocenters. The van der Waals surface area contributed by atoms with Gasteiger partial charge in [-0.15, -0.1) is 0 Å². The summed E-state index contributed by atoms with van der Waals surface area (Å²) in [5.74, 6) is 0.531. The SMILES string of the molecule is C/C(=C(\CCOC(=O)c1ccccc1)SS/C(CCOC(=O)c1ccccc1)=C(\C)N(C=O)Cc1cnc(C)nc1N)N(C=O)Cc1cnc(C)nc1N. The van der Waals surface area contributed by atoms with Crippen LogP contribution in [-0.2, 0) is 32.2 Å². The van der Waals surface area contributed by atoms with Gasteiger partial charge in [0.15, 0.2) is 0 Å². The molecule has 2 heterocycles. The predicted octanol–water partition coefficient (Wildman–Crippen LogP) is 6.00. The lowest BCUT2D eigenvalue weighted by atomic mass is 10.2. The Morgan fingerprint density at radius 3 is 1.37 bits per heavy atom. The Hall–Kier alpha value is -5.74. The lowest BCUT2D eigenvalue weighted by Gasteiger charge is -2.24. The lowest BCUT2D eigenvalue weighted by molar-refractivity contribution is -0.117. The fraction of sp³-hybridized carbons (Fsp3) is 0.263. The Labute approximate surface area is 321 Å². The number of nitrogens with two attached hydrogens (primary N) is 2. The molecular formula is C38H42N8O6S2. The molecule has 4 aromatic rings. The van der Waals surface area contributed by atoms with E-state index in [9.17, 15) is 19.2 Å². The van der Waals surface area contributed by atoms with Crippen LogP contribution in [0.4, 0.5) is 11.6 Å². The molecule has 4 rings (SSSR count). The van der Waals surface area contributed by atoms with E-state index in [1.54, 1.807) is 101 Å². The zero-order chi connectivity index (χ0) is 39.0. The molecule has 0 bridgehead atoms. The number of benzene rings is 2. The summed E-state index contributed by atoms with van der Waals surface area (Å²) in [7, 11) is 2.64. The average Bonchev–Trinajstić information content (AvgIpc) is 3.17. The second-order valence-electron chi connectivity index (χ2n) is 11.8. The average molecular weight is 771 g/mol. The normalized spacial score (nSPS) is 11.9. The number of aryl methyl sites for hydroxylation is 2. The first kappa shape index (κ1) is 41.0. The summed E-state index contributed by atoms with van der Waals surface area (Å²) < 4.78 is 11.2. The first-order chi connectivity index (χ1) is 26.0. The monoisotopic (exact) mass is 770 g/mol. The van der Waals surface area contributed by atoms with Gasteiger partial charge in [0.1, 0.15) is 23.3 Å². The van der Waals surface area contributed by atoms with E-state index in [1.165, 1.54) is 31.4 Å². The molecule has 0 saturated heterocycles. The summed E-state index contributed by atoms with van der Waals surface area (Å²) in [6.45, 7) is 7.19. The van der Waals surface area contributed by atoms with Crippen molar-refractivity contribution in [2.45, 2.75) is 53.6 Å². The number of nitrogens with zero attached hydrogens (tertiary/aromatic N) is 6. The maximum absolute atomic E-state index is 12.8. The number of ether oxygens (including phenoxy) is 2. The van der Waals surface area contributed by atoms with Gasteiger partial charge in [-0.05, 0) is 52.0 Å². The molecule has 282 valence electrons. The fourth-order valence-corrected chi connectivity index (χ4v) is 7.72. The van der Waals surface area contributed by atoms with Crippen LogP contribution in [-0.4, -0.2) is 67.7 Å². The minimum atomic E-state index is -0.486. The number of allylic oxidation sites excluding steroid dienone is 2. The van der Waals surface area contributed by atoms with Gasteiger partial charge in [0.05, 0.1) is 37.4 Å². The van der Waals surface area contributed by atoms with Crippen LogP contribution in [0.25, 0.3) is 0 Å². The highest BCUT2D eigenvalue weighted by Gasteiger charge is 2.20. The summed E-state index contributed by atoms with van der Waals surface area (Å²) >= 11 is 0. The van der Waals surface area contributed by atoms with Gasteiger partial charge < -0.3 is 30.7 Å². The van der Waals surface area contributed by atoms with Gasteiger partial charge in [0.25, 0.3) is 0 Å². The van der Waals surface area contributed by atoms with Crippen molar-refractivity contribution < 1.29 is 28.7 Å². The molecular weight excluding hydrogens is 729 g/mol. The van der Waals surface area contributed by atoms with E-state index in [1.807, 2.05) is 0 Å². The standard InChI is InChI=1S/C38H42N8O6S2/c1-25(45(23-47)21-31-19-41-27(3)43-35(31)39)33(15-17-51-37(49)29-11-7-5-8-12-29)53-54-34(16-18-52-38(50)30-13-9-6-10-14-30)26(2)46(24-48)22-32-20-42-28(4)44-36(32)40/h5-14,19-20,23-24H,15-18,21-22H2,1-4H3,(H2,39,41,43)(H2,40,42,44)/b33-25-,34-26+. The largest absolute Gasteiger partial charge is 0.462 e. The van der Waals surface area contributed by atoms with Crippen molar-refractivity contribution >= 4 is 58.0 Å². The first-order valence-corrected chi connectivity index (χ1v) is 18.9. The summed E-state index contributed by atoms with van der Waals surface area (Å²) in [5, 5.41) is 0. The molecule has 0 aliphatic heterocycles. The predicted molar refractivity (Wildman–Crippen MR) is 209 cm³/mol. The van der Waals surface area contributed by atoms with Crippen molar-refractivity contribution in [2.75, 3.05) is 24.7 Å². The van der Waals surface area contributed by atoms with Gasteiger partial charge in [0.2, 0.25) is 12.8 Å². The number of amides is 2. The van der Waals surface area contributed by atoms with Crippen LogP contribution in [0.15, 0.2) is 94.3 Å². The number of hydrogen-bond donors (Lipinski definition) is 2. The van der Waals surface area contributed by atoms with Crippen LogP contribution in [0, 0.1) is 13.8 Å². The second-order valence-corrected chi connectivity index (χ2v) is 14.1. The van der Waals surface area contributed by atoms with Gasteiger partial charge in [-0.2, -0.15) is 0 Å². The van der Waals surface area contributed by atoms with E-state index in [2.05, 4.69) is 19.9 Å². The zero-order valence-electron chi connectivity index (χ0n) is 30.4. The Morgan fingerprint density at radius 2 is 1.04 bits per heavy atom. The van der Waals surface area contributed by atoms with Crippen molar-refractivity contribution in [3.63, 3.8) is 0 Å². The number of nitrogen functional groups attached to an aromatic ring is 2. The third-order valence-electron chi connectivity index (χ3n) is 8.03. The molecule has 16 heteroatoms. The molecule has 0 saturated carbocycles. The first-order valence-electron chi connectivity index (χ1n) is 16.8. The zero-order valence-corrected chi connectivity index (χ0v) is 32.1. The molecule has 0 fully saturated rings. The number of carbonyl (C=O) groups is 4. The quantitative estimate of drug-likeness (QED) is 0.0639. The molecule has 2 amide bonds. The Balaban J connectivity index is 1.64. The van der Waals surface area contributed by atoms with Crippen molar-refractivity contribution in [2.24, 2.45) is 0 Å². The van der Waals surface area contributed by atoms with Crippen molar-refractivity contribution in [3.8, 4) is 0 Å². The Bertz CT molecular complexity index is 1850. The number of carbonyl (C=O) groups excluding carboxylic acids is 4. The van der Waals surface area contributed by atoms with E-state index in [0.717, 1.165) is 0 Å². The van der Waals surface area contributed by atoms with E-state index in [0.29, 0.717) is 67.9 Å². The third kappa shape index (κ3) is 11.9. The van der Waals surface area contributed by atoms with Crippen molar-refractivity contribution in [3.05, 3.63) is 128 Å². The maximum atomic E-state index is 12.8. The third-order valence-corrected chi connectivity index (χ3v) is 11.0. The number of anilines is 2. The van der Waals surface area contributed by atoms with Crippen LogP contribution in [0.5, 0.6) is 0 Å². The molecule has 2 aromatic carbocycles. The van der Waals surface area contributed by atoms with Crippen LogP contribution in [0.1, 0.15) is 70.2 Å². The van der Waals surface area contributed by atoms with Crippen LogP contribution in [0.3, 0.4) is 0 Å². The van der Waals surface area contributed by atoms with Crippen LogP contribution >= 0.6 is 21.6 Å². The lowest BCUT2D eigenvalue weighted by Crippen LogP contribution is -2.22. The minimum absolute atomic E-state index is 0.0102. The van der Waals surface area contributed by atoms with Gasteiger partial charge in [-0.25, -0.2) is 29.5 Å². The summed E-state index contributed by atoms with van der Waals surface area (Å²) in [4.78, 5) is 71.8. The summed E-state index contributed by atoms with van der Waals surface area (Å²) in [5.41, 5.74) is 15.4. The molecule has 0 aliphatic rings. The number of rotatable bonds is 19. The van der Waals surface area contributed by atoms with Gasteiger partial charge in [-0.1, -0.05) is 58.0 Å². The highest BCUT2D eigenvalue weighted by atomic mass is 33.1. The molecule has 4 N–H and O–H groups in total. The van der Waals surface area contributed by atoms with Gasteiger partial charge in [-0.3, -0.25) is 9.59 Å². The van der Waals surface area contributed by atoms with E-state index in [-0.39, 0.29) is 50.8 Å². The van der Waals surface area contributed by atoms with Crippen LogP contribution in [0.2, 0.25) is 0 Å². The van der Waals surface area contributed by atoms with Crippen LogP contribution < -0.4 is 11.5 Å². The van der Waals surface area contributed by atoms with Crippen molar-refractivity contribution in [1.82, 2.24) is 29.7 Å². The highest BCUT2D eigenvalue weighted by Crippen LogP contribution is 2.43. The topological polar surface area (TPSA) is 197 Å². The van der Waals surface area contributed by atoms with E-state index >= 15 is 0 Å². The molecule has 2 aromatic heterocycles. The summed E-state index contributed by atoms with van der Waals surface area (Å²) in [6, 6.07) is 17.3. The van der Waals surface area contributed by atoms with Gasteiger partial charge in [0, 0.05) is 57.6 Å². The Kier molecular flexibility index (Phi) is 15.6. The number of aromatic nitrogens is 4. The van der Waals surface area contributed by atoms with E-state index in [4.69, 9.17) is 20.9 Å².